The average Bonchev–Trinajstić information content (AvgIpc) is 1.97. The van der Waals surface area contributed by atoms with E-state index >= 15 is 0 Å². The van der Waals surface area contributed by atoms with Gasteiger partial charge in [-0.25, -0.2) is 0 Å². The number of aliphatic hydroxyl groups is 1. The lowest BCUT2D eigenvalue weighted by Crippen LogP contribution is -1.82. The van der Waals surface area contributed by atoms with Crippen molar-refractivity contribution in [3.8, 4) is 0 Å². The van der Waals surface area contributed by atoms with Crippen molar-refractivity contribution in [2.45, 2.75) is 38.5 Å². The molecule has 0 saturated heterocycles. The van der Waals surface area contributed by atoms with Gasteiger partial charge in [-0.3, -0.25) is 0 Å². The highest BCUT2D eigenvalue weighted by molar-refractivity contribution is 4.65. The van der Waals surface area contributed by atoms with Crippen LogP contribution in [0.3, 0.4) is 0 Å². The summed E-state index contributed by atoms with van der Waals surface area (Å²) < 4.78 is 0. The first-order valence-corrected chi connectivity index (χ1v) is 4.13. The SMILES string of the molecule is C=CCCCCCCCO. The van der Waals surface area contributed by atoms with Gasteiger partial charge in [0.25, 0.3) is 0 Å². The Kier molecular flexibility index (Phi) is 8.44. The maximum atomic E-state index is 8.45. The number of aliphatic hydroxyl groups excluding tert-OH is 1. The van der Waals surface area contributed by atoms with Crippen LogP contribution in [0.15, 0.2) is 12.7 Å². The minimum absolute atomic E-state index is 0.349. The Labute approximate surface area is 63.8 Å². The molecular formula is C9H18O. The molecule has 0 radical (unpaired) electrons. The second kappa shape index (κ2) is 8.70. The Morgan fingerprint density at radius 1 is 1.00 bits per heavy atom. The molecule has 1 N–H and O–H groups in total. The third-order valence-electron chi connectivity index (χ3n) is 1.57. The molecule has 0 fully saturated rings. The number of allylic oxidation sites excluding steroid dienone is 1. The summed E-state index contributed by atoms with van der Waals surface area (Å²) in [7, 11) is 0. The third kappa shape index (κ3) is 7.70. The van der Waals surface area contributed by atoms with Gasteiger partial charge in [-0.1, -0.05) is 25.3 Å². The molecule has 1 nitrogen and oxygen atoms in total. The van der Waals surface area contributed by atoms with Crippen LogP contribution < -0.4 is 0 Å². The summed E-state index contributed by atoms with van der Waals surface area (Å²) in [5.41, 5.74) is 0. The molecule has 0 aromatic heterocycles. The summed E-state index contributed by atoms with van der Waals surface area (Å²) in [5, 5.41) is 8.45. The molecule has 1 heteroatoms. The van der Waals surface area contributed by atoms with Gasteiger partial charge in [-0.15, -0.1) is 6.58 Å². The van der Waals surface area contributed by atoms with E-state index in [2.05, 4.69) is 6.58 Å². The Morgan fingerprint density at radius 2 is 1.60 bits per heavy atom. The fourth-order valence-electron chi connectivity index (χ4n) is 0.931. The molecule has 0 unspecified atom stereocenters. The van der Waals surface area contributed by atoms with Crippen LogP contribution in [0.5, 0.6) is 0 Å². The van der Waals surface area contributed by atoms with Gasteiger partial charge < -0.3 is 5.11 Å². The fraction of sp³-hybridized carbons (Fsp3) is 0.778. The second-order valence-electron chi connectivity index (χ2n) is 2.57. The van der Waals surface area contributed by atoms with Crippen LogP contribution in [0.2, 0.25) is 0 Å². The predicted molar refractivity (Wildman–Crippen MR) is 45.0 cm³/mol. The maximum absolute atomic E-state index is 8.45. The molecule has 0 aliphatic carbocycles. The number of rotatable bonds is 7. The summed E-state index contributed by atoms with van der Waals surface area (Å²) in [6.07, 6.45) is 9.04. The summed E-state index contributed by atoms with van der Waals surface area (Å²) in [5.74, 6) is 0. The first kappa shape index (κ1) is 9.70. The zero-order chi connectivity index (χ0) is 7.66. The molecule has 0 saturated carbocycles. The largest absolute Gasteiger partial charge is 0.396 e. The maximum Gasteiger partial charge on any atom is 0.0431 e. The van der Waals surface area contributed by atoms with Crippen molar-refractivity contribution in [3.63, 3.8) is 0 Å². The standard InChI is InChI=1S/C9H18O/c1-2-3-4-5-6-7-8-9-10/h2,10H,1,3-9H2. The molecular weight excluding hydrogens is 124 g/mol. The van der Waals surface area contributed by atoms with E-state index in [-0.39, 0.29) is 0 Å². The molecule has 10 heavy (non-hydrogen) atoms. The van der Waals surface area contributed by atoms with E-state index in [1.165, 1.54) is 25.7 Å². The molecule has 0 aliphatic heterocycles. The van der Waals surface area contributed by atoms with Gasteiger partial charge in [0.2, 0.25) is 0 Å². The molecule has 0 amide bonds. The van der Waals surface area contributed by atoms with Crippen LogP contribution >= 0.6 is 0 Å². The van der Waals surface area contributed by atoms with E-state index in [9.17, 15) is 0 Å². The minimum atomic E-state index is 0.349. The molecule has 0 bridgehead atoms. The van der Waals surface area contributed by atoms with Gasteiger partial charge in [0, 0.05) is 6.61 Å². The molecule has 0 spiro atoms. The number of unbranched alkanes of at least 4 members (excludes halogenated alkanes) is 5. The lowest BCUT2D eigenvalue weighted by atomic mass is 10.1. The second-order valence-corrected chi connectivity index (χ2v) is 2.57. The van der Waals surface area contributed by atoms with E-state index in [0.717, 1.165) is 12.8 Å². The van der Waals surface area contributed by atoms with Crippen molar-refractivity contribution in [1.82, 2.24) is 0 Å². The Hall–Kier alpha value is -0.300. The van der Waals surface area contributed by atoms with E-state index in [0.29, 0.717) is 6.61 Å². The topological polar surface area (TPSA) is 20.2 Å². The number of hydrogen-bond acceptors (Lipinski definition) is 1. The van der Waals surface area contributed by atoms with E-state index < -0.39 is 0 Å². The molecule has 0 heterocycles. The van der Waals surface area contributed by atoms with Crippen LogP contribution in [0.25, 0.3) is 0 Å². The van der Waals surface area contributed by atoms with Crippen LogP contribution in [-0.2, 0) is 0 Å². The third-order valence-corrected chi connectivity index (χ3v) is 1.57. The quantitative estimate of drug-likeness (QED) is 0.428. The van der Waals surface area contributed by atoms with Gasteiger partial charge in [-0.05, 0) is 19.3 Å². The fourth-order valence-corrected chi connectivity index (χ4v) is 0.931. The van der Waals surface area contributed by atoms with Crippen LogP contribution in [0, 0.1) is 0 Å². The van der Waals surface area contributed by atoms with Crippen molar-refractivity contribution in [1.29, 1.82) is 0 Å². The van der Waals surface area contributed by atoms with Crippen LogP contribution in [0.1, 0.15) is 38.5 Å². The van der Waals surface area contributed by atoms with Gasteiger partial charge in [0.1, 0.15) is 0 Å². The van der Waals surface area contributed by atoms with Crippen molar-refractivity contribution in [2.24, 2.45) is 0 Å². The van der Waals surface area contributed by atoms with Gasteiger partial charge >= 0.3 is 0 Å². The highest BCUT2D eigenvalue weighted by atomic mass is 16.2. The van der Waals surface area contributed by atoms with E-state index in [1.807, 2.05) is 6.08 Å². The smallest absolute Gasteiger partial charge is 0.0431 e. The Morgan fingerprint density at radius 3 is 2.20 bits per heavy atom. The Bertz CT molecular complexity index is 69.1. The lowest BCUT2D eigenvalue weighted by molar-refractivity contribution is 0.282. The van der Waals surface area contributed by atoms with Crippen molar-refractivity contribution >= 4 is 0 Å². The highest BCUT2D eigenvalue weighted by Gasteiger charge is 1.87. The summed E-state index contributed by atoms with van der Waals surface area (Å²) >= 11 is 0. The van der Waals surface area contributed by atoms with Crippen molar-refractivity contribution in [3.05, 3.63) is 12.7 Å². The van der Waals surface area contributed by atoms with Gasteiger partial charge in [0.15, 0.2) is 0 Å². The molecule has 60 valence electrons. The first-order valence-electron chi connectivity index (χ1n) is 4.13. The summed E-state index contributed by atoms with van der Waals surface area (Å²) in [6, 6.07) is 0. The number of hydrogen-bond donors (Lipinski definition) is 1. The van der Waals surface area contributed by atoms with Crippen molar-refractivity contribution in [2.75, 3.05) is 6.61 Å². The zero-order valence-corrected chi connectivity index (χ0v) is 6.68. The van der Waals surface area contributed by atoms with E-state index in [1.54, 1.807) is 0 Å². The van der Waals surface area contributed by atoms with Crippen LogP contribution in [0.4, 0.5) is 0 Å². The monoisotopic (exact) mass is 142 g/mol. The first-order chi connectivity index (χ1) is 4.91. The normalized spacial score (nSPS) is 9.70. The molecule has 0 aromatic rings. The van der Waals surface area contributed by atoms with Gasteiger partial charge in [-0.2, -0.15) is 0 Å². The minimum Gasteiger partial charge on any atom is -0.396 e. The molecule has 0 atom stereocenters. The predicted octanol–water partition coefficient (Wildman–Crippen LogP) is 2.51. The van der Waals surface area contributed by atoms with Crippen molar-refractivity contribution < 1.29 is 5.11 Å². The van der Waals surface area contributed by atoms with Gasteiger partial charge in [0.05, 0.1) is 0 Å². The average molecular weight is 142 g/mol. The van der Waals surface area contributed by atoms with E-state index in [4.69, 9.17) is 5.11 Å². The molecule has 0 rings (SSSR count). The summed E-state index contributed by atoms with van der Waals surface area (Å²) in [4.78, 5) is 0. The molecule has 0 aliphatic rings. The van der Waals surface area contributed by atoms with Crippen LogP contribution in [-0.4, -0.2) is 11.7 Å². The molecule has 0 aromatic carbocycles. The lowest BCUT2D eigenvalue weighted by Gasteiger charge is -1.96. The summed E-state index contributed by atoms with van der Waals surface area (Å²) in [6.45, 7) is 4.00. The zero-order valence-electron chi connectivity index (χ0n) is 6.68. The Balaban J connectivity index is 2.70. The highest BCUT2D eigenvalue weighted by Crippen LogP contribution is 2.04.